The van der Waals surface area contributed by atoms with Crippen molar-refractivity contribution in [1.82, 2.24) is 10.6 Å². The van der Waals surface area contributed by atoms with E-state index >= 15 is 0 Å². The minimum atomic E-state index is -0.971. The van der Waals surface area contributed by atoms with Gasteiger partial charge in [-0.2, -0.15) is 0 Å². The normalized spacial score (nSPS) is 13.1. The molecule has 0 radical (unpaired) electrons. The van der Waals surface area contributed by atoms with E-state index in [0.29, 0.717) is 24.6 Å². The number of carbonyl (C=O) groups is 2. The summed E-state index contributed by atoms with van der Waals surface area (Å²) in [5, 5.41) is 25.3. The zero-order chi connectivity index (χ0) is 20.2. The number of hydrogen-bond donors (Lipinski definition) is 4. The molecule has 0 unspecified atom stereocenters. The molecule has 0 spiro atoms. The highest BCUT2D eigenvalue weighted by molar-refractivity contribution is 8.00. The van der Waals surface area contributed by atoms with Crippen LogP contribution < -0.4 is 10.6 Å². The van der Waals surface area contributed by atoms with Crippen LogP contribution in [-0.4, -0.2) is 57.2 Å². The first-order valence-electron chi connectivity index (χ1n) is 8.64. The van der Waals surface area contributed by atoms with E-state index in [1.807, 2.05) is 0 Å². The second-order valence-electron chi connectivity index (χ2n) is 5.88. The van der Waals surface area contributed by atoms with Crippen molar-refractivity contribution in [3.8, 4) is 0 Å². The Kier molecular flexibility index (Phi) is 10.0. The van der Waals surface area contributed by atoms with E-state index < -0.39 is 12.2 Å². The Morgan fingerprint density at radius 2 is 1.29 bits per heavy atom. The summed E-state index contributed by atoms with van der Waals surface area (Å²) in [5.74, 6) is 1.77. The summed E-state index contributed by atoms with van der Waals surface area (Å²) in [6, 6.07) is 7.02. The number of amides is 2. The number of hydrogen-bond acceptors (Lipinski definition) is 8. The Balaban J connectivity index is 1.50. The fraction of sp³-hybridized carbons (Fsp3) is 0.444. The van der Waals surface area contributed by atoms with Crippen LogP contribution in [0.5, 0.6) is 0 Å². The smallest absolute Gasteiger partial charge is 0.230 e. The van der Waals surface area contributed by atoms with E-state index in [0.717, 1.165) is 0 Å². The molecule has 2 heterocycles. The van der Waals surface area contributed by atoms with Crippen molar-refractivity contribution in [3.05, 3.63) is 48.3 Å². The third-order valence-electron chi connectivity index (χ3n) is 3.57. The molecule has 0 saturated heterocycles. The highest BCUT2D eigenvalue weighted by Gasteiger charge is 2.17. The predicted molar refractivity (Wildman–Crippen MR) is 108 cm³/mol. The van der Waals surface area contributed by atoms with E-state index in [2.05, 4.69) is 10.6 Å². The van der Waals surface area contributed by atoms with E-state index in [1.54, 1.807) is 24.3 Å². The van der Waals surface area contributed by atoms with Crippen LogP contribution in [0.1, 0.15) is 11.5 Å². The lowest BCUT2D eigenvalue weighted by molar-refractivity contribution is -0.119. The van der Waals surface area contributed by atoms with Crippen LogP contribution in [-0.2, 0) is 22.7 Å². The van der Waals surface area contributed by atoms with Crippen molar-refractivity contribution >= 4 is 35.3 Å². The van der Waals surface area contributed by atoms with Crippen molar-refractivity contribution in [2.24, 2.45) is 0 Å². The van der Waals surface area contributed by atoms with Gasteiger partial charge in [0.1, 0.15) is 11.5 Å². The average molecular weight is 429 g/mol. The van der Waals surface area contributed by atoms with Crippen molar-refractivity contribution in [3.63, 3.8) is 0 Å². The van der Waals surface area contributed by atoms with Gasteiger partial charge in [0.25, 0.3) is 0 Å². The lowest BCUT2D eigenvalue weighted by atomic mass is 10.3. The summed E-state index contributed by atoms with van der Waals surface area (Å²) in [6.07, 6.45) is 1.13. The molecule has 10 heteroatoms. The summed E-state index contributed by atoms with van der Waals surface area (Å²) in [4.78, 5) is 23.4. The topological polar surface area (TPSA) is 125 Å². The molecule has 0 aromatic carbocycles. The molecule has 2 atom stereocenters. The summed E-state index contributed by atoms with van der Waals surface area (Å²) >= 11 is 2.46. The van der Waals surface area contributed by atoms with Gasteiger partial charge < -0.3 is 29.7 Å². The lowest BCUT2D eigenvalue weighted by Gasteiger charge is -2.17. The number of carbonyl (C=O) groups excluding carboxylic acids is 2. The predicted octanol–water partition coefficient (Wildman–Crippen LogP) is 0.993. The van der Waals surface area contributed by atoms with Crippen LogP contribution in [0.15, 0.2) is 45.6 Å². The highest BCUT2D eigenvalue weighted by atomic mass is 32.2. The Morgan fingerprint density at radius 1 is 0.857 bits per heavy atom. The zero-order valence-corrected chi connectivity index (χ0v) is 16.8. The lowest BCUT2D eigenvalue weighted by Crippen LogP contribution is -2.32. The molecule has 2 aromatic heterocycles. The molecule has 2 aromatic rings. The van der Waals surface area contributed by atoms with Crippen molar-refractivity contribution < 1.29 is 28.6 Å². The van der Waals surface area contributed by atoms with Crippen molar-refractivity contribution in [2.75, 3.05) is 23.0 Å². The molecule has 0 bridgehead atoms. The second kappa shape index (κ2) is 12.6. The SMILES string of the molecule is O=C(CSC[C@@H](O)[C@@H](O)CSCC(=O)NCc1ccco1)NCc1ccco1. The van der Waals surface area contributed by atoms with Gasteiger partial charge in [-0.1, -0.05) is 0 Å². The van der Waals surface area contributed by atoms with E-state index in [4.69, 9.17) is 8.83 Å². The largest absolute Gasteiger partial charge is 0.467 e. The van der Waals surface area contributed by atoms with Gasteiger partial charge in [0.2, 0.25) is 11.8 Å². The highest BCUT2D eigenvalue weighted by Crippen LogP contribution is 2.11. The molecule has 0 aliphatic carbocycles. The third kappa shape index (κ3) is 8.87. The van der Waals surface area contributed by atoms with Gasteiger partial charge in [-0.3, -0.25) is 9.59 Å². The maximum absolute atomic E-state index is 11.7. The fourth-order valence-corrected chi connectivity index (χ4v) is 3.80. The van der Waals surface area contributed by atoms with Crippen LogP contribution in [0.3, 0.4) is 0 Å². The number of furan rings is 2. The standard InChI is InChI=1S/C18H24N2O6S2/c21-15(9-27-11-17(23)19-7-13-3-1-5-25-13)16(22)10-28-12-18(24)20-8-14-4-2-6-26-14/h1-6,15-16,21-22H,7-12H2,(H,19,23)(H,20,24)/t15-,16+. The number of aliphatic hydroxyl groups is 2. The van der Waals surface area contributed by atoms with Gasteiger partial charge in [-0.25, -0.2) is 0 Å². The third-order valence-corrected chi connectivity index (χ3v) is 5.65. The fourth-order valence-electron chi connectivity index (χ4n) is 2.07. The van der Waals surface area contributed by atoms with Gasteiger partial charge in [0.15, 0.2) is 0 Å². The minimum Gasteiger partial charge on any atom is -0.467 e. The first-order chi connectivity index (χ1) is 13.5. The molecule has 0 aliphatic rings. The molecule has 154 valence electrons. The summed E-state index contributed by atoms with van der Waals surface area (Å²) in [5.41, 5.74) is 0. The summed E-state index contributed by atoms with van der Waals surface area (Å²) in [7, 11) is 0. The maximum atomic E-state index is 11.7. The van der Waals surface area contributed by atoms with Crippen LogP contribution in [0, 0.1) is 0 Å². The molecule has 0 saturated carbocycles. The average Bonchev–Trinajstić information content (AvgIpc) is 3.38. The molecular formula is C18H24N2O6S2. The number of thioether (sulfide) groups is 2. The molecule has 2 amide bonds. The van der Waals surface area contributed by atoms with Gasteiger partial charge >= 0.3 is 0 Å². The first-order valence-corrected chi connectivity index (χ1v) is 11.0. The van der Waals surface area contributed by atoms with Crippen LogP contribution in [0.4, 0.5) is 0 Å². The van der Waals surface area contributed by atoms with Gasteiger partial charge in [-0.15, -0.1) is 23.5 Å². The number of aliphatic hydroxyl groups excluding tert-OH is 2. The second-order valence-corrected chi connectivity index (χ2v) is 7.94. The molecule has 8 nitrogen and oxygen atoms in total. The Hall–Kier alpha value is -1.88. The van der Waals surface area contributed by atoms with E-state index in [1.165, 1.54) is 36.1 Å². The Bertz CT molecular complexity index is 633. The quantitative estimate of drug-likeness (QED) is 0.372. The Labute approximate surface area is 171 Å². The van der Waals surface area contributed by atoms with Gasteiger partial charge in [0.05, 0.1) is 49.3 Å². The monoisotopic (exact) mass is 428 g/mol. The number of nitrogens with one attached hydrogen (secondary N) is 2. The molecule has 4 N–H and O–H groups in total. The molecule has 0 fully saturated rings. The van der Waals surface area contributed by atoms with Crippen molar-refractivity contribution in [2.45, 2.75) is 25.3 Å². The summed E-state index contributed by atoms with van der Waals surface area (Å²) < 4.78 is 10.2. The number of rotatable bonds is 13. The molecule has 2 rings (SSSR count). The first kappa shape index (κ1) is 22.4. The van der Waals surface area contributed by atoms with Crippen LogP contribution in [0.2, 0.25) is 0 Å². The molecule has 0 aliphatic heterocycles. The van der Waals surface area contributed by atoms with Crippen LogP contribution >= 0.6 is 23.5 Å². The Morgan fingerprint density at radius 3 is 1.64 bits per heavy atom. The van der Waals surface area contributed by atoms with E-state index in [9.17, 15) is 19.8 Å². The molecule has 28 heavy (non-hydrogen) atoms. The van der Waals surface area contributed by atoms with Crippen LogP contribution in [0.25, 0.3) is 0 Å². The van der Waals surface area contributed by atoms with Crippen molar-refractivity contribution in [1.29, 1.82) is 0 Å². The summed E-state index contributed by atoms with van der Waals surface area (Å²) in [6.45, 7) is 0.631. The van der Waals surface area contributed by atoms with Gasteiger partial charge in [-0.05, 0) is 24.3 Å². The maximum Gasteiger partial charge on any atom is 0.230 e. The van der Waals surface area contributed by atoms with Gasteiger partial charge in [0, 0.05) is 11.5 Å². The zero-order valence-electron chi connectivity index (χ0n) is 15.2. The van der Waals surface area contributed by atoms with E-state index in [-0.39, 0.29) is 34.8 Å². The molecular weight excluding hydrogens is 404 g/mol. The minimum absolute atomic E-state index is 0.173.